The lowest BCUT2D eigenvalue weighted by atomic mass is 9.78. The third-order valence-electron chi connectivity index (χ3n) is 5.22. The molecule has 1 saturated carbocycles. The monoisotopic (exact) mass is 401 g/mol. The summed E-state index contributed by atoms with van der Waals surface area (Å²) < 4.78 is 27.1. The largest absolute Gasteiger partial charge is 0.377 e. The van der Waals surface area contributed by atoms with Gasteiger partial charge in [-0.15, -0.1) is 0 Å². The van der Waals surface area contributed by atoms with Crippen LogP contribution in [0.1, 0.15) is 36.3 Å². The summed E-state index contributed by atoms with van der Waals surface area (Å²) in [6, 6.07) is 9.69. The Morgan fingerprint density at radius 3 is 2.41 bits per heavy atom. The van der Waals surface area contributed by atoms with Crippen LogP contribution in [0.25, 0.3) is 22.2 Å². The molecule has 3 aromatic rings. The maximum absolute atomic E-state index is 13.9. The highest BCUT2D eigenvalue weighted by molar-refractivity contribution is 5.93. The number of hydrogen-bond donors (Lipinski definition) is 4. The van der Waals surface area contributed by atoms with Gasteiger partial charge >= 0.3 is 0 Å². The summed E-state index contributed by atoms with van der Waals surface area (Å²) in [5.74, 6) is -0.319. The molecule has 154 valence electrons. The van der Waals surface area contributed by atoms with Crippen molar-refractivity contribution in [2.24, 2.45) is 5.73 Å². The molecule has 0 atom stereocenters. The topological polar surface area (TPSA) is 91.1 Å². The Kier molecular flexibility index (Phi) is 6.61. The van der Waals surface area contributed by atoms with Crippen LogP contribution in [-0.4, -0.2) is 29.3 Å². The first-order valence-corrected chi connectivity index (χ1v) is 9.59. The van der Waals surface area contributed by atoms with Crippen molar-refractivity contribution in [2.45, 2.75) is 32.1 Å². The molecular formula is C22H25F2N3O2. The molecule has 1 amide bonds. The average Bonchev–Trinajstić information content (AvgIpc) is 3.01. The standard InChI is InChI=1S/C19H17F2N.C3H8N2O2/c1-11-9-15(21)10-16-17(12-3-2-4-12)19(22-18(11)16)13-5-7-14(20)8-6-13;4-1-3(7)5-2-6/h5-10,12,22H,2-4H2,1H3;6H,1-2,4H2,(H,5,7). The lowest BCUT2D eigenvalue weighted by Crippen LogP contribution is -2.30. The average molecular weight is 401 g/mol. The van der Waals surface area contributed by atoms with Crippen molar-refractivity contribution in [2.75, 3.05) is 13.3 Å². The van der Waals surface area contributed by atoms with E-state index in [1.807, 2.05) is 6.92 Å². The molecule has 29 heavy (non-hydrogen) atoms. The van der Waals surface area contributed by atoms with Gasteiger partial charge in [0.1, 0.15) is 18.4 Å². The fourth-order valence-electron chi connectivity index (χ4n) is 3.57. The fraction of sp³-hybridized carbons (Fsp3) is 0.318. The van der Waals surface area contributed by atoms with Gasteiger partial charge in [0.2, 0.25) is 5.91 Å². The number of halogens is 2. The number of nitrogens with one attached hydrogen (secondary N) is 2. The number of aromatic nitrogens is 1. The summed E-state index contributed by atoms with van der Waals surface area (Å²) in [5.41, 5.74) is 9.89. The van der Waals surface area contributed by atoms with Gasteiger partial charge in [-0.1, -0.05) is 6.42 Å². The smallest absolute Gasteiger partial charge is 0.235 e. The Labute approximate surface area is 167 Å². The zero-order valence-corrected chi connectivity index (χ0v) is 16.3. The van der Waals surface area contributed by atoms with Crippen LogP contribution >= 0.6 is 0 Å². The highest BCUT2D eigenvalue weighted by Crippen LogP contribution is 2.45. The number of rotatable bonds is 4. The number of aliphatic hydroxyl groups is 1. The normalized spacial score (nSPS) is 13.6. The summed E-state index contributed by atoms with van der Waals surface area (Å²) in [6.07, 6.45) is 3.49. The molecule has 1 aromatic heterocycles. The zero-order valence-electron chi connectivity index (χ0n) is 16.3. The quantitative estimate of drug-likeness (QED) is 0.503. The van der Waals surface area contributed by atoms with Crippen molar-refractivity contribution in [3.63, 3.8) is 0 Å². The Morgan fingerprint density at radius 2 is 1.90 bits per heavy atom. The molecule has 7 heteroatoms. The Balaban J connectivity index is 0.000000298. The summed E-state index contributed by atoms with van der Waals surface area (Å²) in [4.78, 5) is 13.5. The fourth-order valence-corrected chi connectivity index (χ4v) is 3.57. The third kappa shape index (κ3) is 4.63. The highest BCUT2D eigenvalue weighted by atomic mass is 19.1. The second-order valence-electron chi connectivity index (χ2n) is 7.16. The van der Waals surface area contributed by atoms with Gasteiger partial charge in [0.25, 0.3) is 0 Å². The van der Waals surface area contributed by atoms with Crippen LogP contribution in [0.2, 0.25) is 0 Å². The Bertz CT molecular complexity index is 995. The van der Waals surface area contributed by atoms with E-state index in [4.69, 9.17) is 10.8 Å². The van der Waals surface area contributed by atoms with E-state index in [1.165, 1.54) is 24.1 Å². The molecule has 5 nitrogen and oxygen atoms in total. The second kappa shape index (κ2) is 9.15. The van der Waals surface area contributed by atoms with E-state index in [-0.39, 0.29) is 30.8 Å². The second-order valence-corrected chi connectivity index (χ2v) is 7.16. The molecule has 0 unspecified atom stereocenters. The summed E-state index contributed by atoms with van der Waals surface area (Å²) in [7, 11) is 0. The van der Waals surface area contributed by atoms with E-state index >= 15 is 0 Å². The first-order valence-electron chi connectivity index (χ1n) is 9.59. The number of aliphatic hydroxyl groups excluding tert-OH is 1. The molecule has 1 fully saturated rings. The highest BCUT2D eigenvalue weighted by Gasteiger charge is 2.27. The Morgan fingerprint density at radius 1 is 1.21 bits per heavy atom. The minimum atomic E-state index is -0.345. The van der Waals surface area contributed by atoms with E-state index in [0.717, 1.165) is 40.6 Å². The van der Waals surface area contributed by atoms with Gasteiger partial charge in [-0.05, 0) is 78.8 Å². The number of aryl methyl sites for hydroxylation is 1. The predicted octanol–water partition coefficient (Wildman–Crippen LogP) is 3.70. The number of carbonyl (C=O) groups excluding carboxylic acids is 1. The van der Waals surface area contributed by atoms with Gasteiger partial charge in [0.15, 0.2) is 0 Å². The van der Waals surface area contributed by atoms with Crippen molar-refractivity contribution in [1.82, 2.24) is 10.3 Å². The number of benzene rings is 2. The first-order chi connectivity index (χ1) is 13.9. The molecule has 4 rings (SSSR count). The molecule has 0 bridgehead atoms. The summed E-state index contributed by atoms with van der Waals surface area (Å²) in [6.45, 7) is 1.51. The van der Waals surface area contributed by atoms with E-state index in [0.29, 0.717) is 5.92 Å². The van der Waals surface area contributed by atoms with Crippen LogP contribution in [0, 0.1) is 18.6 Å². The number of hydrogen-bond acceptors (Lipinski definition) is 3. The van der Waals surface area contributed by atoms with Crippen LogP contribution in [-0.2, 0) is 4.79 Å². The van der Waals surface area contributed by atoms with Gasteiger partial charge < -0.3 is 21.1 Å². The van der Waals surface area contributed by atoms with Crippen LogP contribution < -0.4 is 11.1 Å². The van der Waals surface area contributed by atoms with E-state index in [2.05, 4.69) is 10.3 Å². The van der Waals surface area contributed by atoms with Crippen LogP contribution in [0.3, 0.4) is 0 Å². The molecule has 5 N–H and O–H groups in total. The maximum Gasteiger partial charge on any atom is 0.235 e. The maximum atomic E-state index is 13.9. The molecule has 1 aliphatic rings. The molecule has 2 aromatic carbocycles. The molecule has 1 heterocycles. The van der Waals surface area contributed by atoms with Gasteiger partial charge in [0, 0.05) is 16.6 Å². The summed E-state index contributed by atoms with van der Waals surface area (Å²) in [5, 5.41) is 11.0. The van der Waals surface area contributed by atoms with E-state index in [9.17, 15) is 13.6 Å². The first kappa shape index (κ1) is 21.0. The zero-order chi connectivity index (χ0) is 21.0. The van der Waals surface area contributed by atoms with Crippen molar-refractivity contribution < 1.29 is 18.7 Å². The van der Waals surface area contributed by atoms with Crippen molar-refractivity contribution >= 4 is 16.8 Å². The van der Waals surface area contributed by atoms with E-state index < -0.39 is 0 Å². The van der Waals surface area contributed by atoms with E-state index in [1.54, 1.807) is 24.3 Å². The van der Waals surface area contributed by atoms with Gasteiger partial charge in [-0.25, -0.2) is 8.78 Å². The van der Waals surface area contributed by atoms with Crippen LogP contribution in [0.4, 0.5) is 8.78 Å². The number of H-pyrrole nitrogens is 1. The predicted molar refractivity (Wildman–Crippen MR) is 109 cm³/mol. The van der Waals surface area contributed by atoms with Crippen molar-refractivity contribution in [3.8, 4) is 11.3 Å². The molecule has 0 radical (unpaired) electrons. The Hall–Kier alpha value is -2.77. The minimum Gasteiger partial charge on any atom is -0.377 e. The van der Waals surface area contributed by atoms with Gasteiger partial charge in [-0.3, -0.25) is 4.79 Å². The van der Waals surface area contributed by atoms with Gasteiger partial charge in [-0.2, -0.15) is 0 Å². The number of nitrogens with two attached hydrogens (primary N) is 1. The summed E-state index contributed by atoms with van der Waals surface area (Å²) >= 11 is 0. The lowest BCUT2D eigenvalue weighted by molar-refractivity contribution is -0.120. The molecule has 1 aliphatic carbocycles. The van der Waals surface area contributed by atoms with Crippen LogP contribution in [0.5, 0.6) is 0 Å². The number of carbonyl (C=O) groups is 1. The third-order valence-corrected chi connectivity index (χ3v) is 5.22. The molecular weight excluding hydrogens is 376 g/mol. The lowest BCUT2D eigenvalue weighted by Gasteiger charge is -2.26. The van der Waals surface area contributed by atoms with Gasteiger partial charge in [0.05, 0.1) is 6.54 Å². The van der Waals surface area contributed by atoms with Crippen LogP contribution in [0.15, 0.2) is 36.4 Å². The number of aromatic amines is 1. The molecule has 0 saturated heterocycles. The number of amides is 1. The SMILES string of the molecule is Cc1cc(F)cc2c(C3CCC3)c(-c3ccc(F)cc3)[nH]c12.NCC(=O)NCO. The molecule has 0 aliphatic heterocycles. The molecule has 0 spiro atoms. The van der Waals surface area contributed by atoms with Crippen molar-refractivity contribution in [1.29, 1.82) is 0 Å². The number of fused-ring (bicyclic) bond motifs is 1. The minimum absolute atomic E-state index is 0.0689. The van der Waals surface area contributed by atoms with Crippen molar-refractivity contribution in [3.05, 3.63) is 59.2 Å².